The Labute approximate surface area is 121 Å². The summed E-state index contributed by atoms with van der Waals surface area (Å²) in [6, 6.07) is 5.01. The second kappa shape index (κ2) is 8.11. The van der Waals surface area contributed by atoms with Gasteiger partial charge < -0.3 is 9.47 Å². The predicted molar refractivity (Wildman–Crippen MR) is 71.2 cm³/mol. The SMILES string of the molecule is COC(=O)CN(CC(=O)OC)CC(=O)c1ccc(F)cc1. The summed E-state index contributed by atoms with van der Waals surface area (Å²) in [5, 5.41) is 0. The molecule has 6 nitrogen and oxygen atoms in total. The topological polar surface area (TPSA) is 72.9 Å². The number of hydrogen-bond donors (Lipinski definition) is 0. The normalized spacial score (nSPS) is 10.3. The summed E-state index contributed by atoms with van der Waals surface area (Å²) in [5.41, 5.74) is 0.288. The van der Waals surface area contributed by atoms with E-state index in [2.05, 4.69) is 9.47 Å². The second-order valence-electron chi connectivity index (χ2n) is 4.23. The Balaban J connectivity index is 2.74. The lowest BCUT2D eigenvalue weighted by molar-refractivity contribution is -0.145. The number of ether oxygens (including phenoxy) is 2. The fourth-order valence-corrected chi connectivity index (χ4v) is 1.59. The molecule has 0 unspecified atom stereocenters. The van der Waals surface area contributed by atoms with E-state index in [1.165, 1.54) is 31.3 Å². The van der Waals surface area contributed by atoms with Gasteiger partial charge in [0.05, 0.1) is 33.9 Å². The van der Waals surface area contributed by atoms with Gasteiger partial charge in [0, 0.05) is 5.56 Å². The minimum absolute atomic E-state index is 0.185. The number of ketones is 1. The van der Waals surface area contributed by atoms with Crippen LogP contribution in [0.3, 0.4) is 0 Å². The van der Waals surface area contributed by atoms with Crippen LogP contribution in [-0.4, -0.2) is 56.5 Å². The first-order valence-electron chi connectivity index (χ1n) is 6.11. The molecule has 0 bridgehead atoms. The van der Waals surface area contributed by atoms with E-state index in [1.54, 1.807) is 0 Å². The highest BCUT2D eigenvalue weighted by molar-refractivity contribution is 5.98. The van der Waals surface area contributed by atoms with Crippen LogP contribution < -0.4 is 0 Å². The molecule has 0 amide bonds. The molecule has 1 rings (SSSR count). The Kier molecular flexibility index (Phi) is 6.48. The molecule has 1 aromatic rings. The number of esters is 2. The molecule has 0 heterocycles. The zero-order chi connectivity index (χ0) is 15.8. The summed E-state index contributed by atoms with van der Waals surface area (Å²) in [4.78, 5) is 35.9. The molecule has 114 valence electrons. The molecule has 0 saturated heterocycles. The highest BCUT2D eigenvalue weighted by Crippen LogP contribution is 2.05. The summed E-state index contributed by atoms with van der Waals surface area (Å²) in [7, 11) is 2.42. The van der Waals surface area contributed by atoms with Gasteiger partial charge in [-0.15, -0.1) is 0 Å². The molecular weight excluding hydrogens is 281 g/mol. The van der Waals surface area contributed by atoms with Gasteiger partial charge in [-0.3, -0.25) is 19.3 Å². The molecule has 1 aromatic carbocycles. The summed E-state index contributed by atoms with van der Waals surface area (Å²) < 4.78 is 21.8. The Morgan fingerprint density at radius 2 is 1.43 bits per heavy atom. The first kappa shape index (κ1) is 16.8. The van der Waals surface area contributed by atoms with E-state index in [0.29, 0.717) is 0 Å². The van der Waals surface area contributed by atoms with Gasteiger partial charge in [0.1, 0.15) is 5.82 Å². The quantitative estimate of drug-likeness (QED) is 0.544. The van der Waals surface area contributed by atoms with E-state index in [-0.39, 0.29) is 31.0 Å². The Bertz CT molecular complexity index is 497. The molecule has 0 aliphatic heterocycles. The average Bonchev–Trinajstić information content (AvgIpc) is 2.47. The van der Waals surface area contributed by atoms with Crippen molar-refractivity contribution < 1.29 is 28.2 Å². The Morgan fingerprint density at radius 3 is 1.86 bits per heavy atom. The number of halogens is 1. The van der Waals surface area contributed by atoms with Crippen molar-refractivity contribution in [3.05, 3.63) is 35.6 Å². The lowest BCUT2D eigenvalue weighted by Crippen LogP contribution is -2.39. The third-order valence-electron chi connectivity index (χ3n) is 2.69. The average molecular weight is 297 g/mol. The van der Waals surface area contributed by atoms with Gasteiger partial charge in [0.2, 0.25) is 0 Å². The van der Waals surface area contributed by atoms with Crippen molar-refractivity contribution in [2.24, 2.45) is 0 Å². The fourth-order valence-electron chi connectivity index (χ4n) is 1.59. The van der Waals surface area contributed by atoms with Gasteiger partial charge in [-0.05, 0) is 24.3 Å². The van der Waals surface area contributed by atoms with Gasteiger partial charge >= 0.3 is 11.9 Å². The van der Waals surface area contributed by atoms with Crippen LogP contribution in [0, 0.1) is 5.82 Å². The number of benzene rings is 1. The molecule has 0 saturated carbocycles. The van der Waals surface area contributed by atoms with Crippen molar-refractivity contribution >= 4 is 17.7 Å². The number of Topliss-reactive ketones (excluding diaryl/α,β-unsaturated/α-hetero) is 1. The van der Waals surface area contributed by atoms with Crippen molar-refractivity contribution in [3.63, 3.8) is 0 Å². The van der Waals surface area contributed by atoms with Crippen LogP contribution in [0.2, 0.25) is 0 Å². The minimum Gasteiger partial charge on any atom is -0.468 e. The van der Waals surface area contributed by atoms with Crippen molar-refractivity contribution in [2.45, 2.75) is 0 Å². The maximum Gasteiger partial charge on any atom is 0.319 e. The number of carbonyl (C=O) groups is 3. The first-order valence-corrected chi connectivity index (χ1v) is 6.11. The molecular formula is C14H16FNO5. The lowest BCUT2D eigenvalue weighted by atomic mass is 10.1. The van der Waals surface area contributed by atoms with E-state index < -0.39 is 17.8 Å². The summed E-state index contributed by atoms with van der Waals surface area (Å²) in [6.07, 6.45) is 0. The van der Waals surface area contributed by atoms with E-state index >= 15 is 0 Å². The fraction of sp³-hybridized carbons (Fsp3) is 0.357. The largest absolute Gasteiger partial charge is 0.468 e. The molecule has 0 N–H and O–H groups in total. The highest BCUT2D eigenvalue weighted by Gasteiger charge is 2.19. The van der Waals surface area contributed by atoms with Gasteiger partial charge in [-0.25, -0.2) is 4.39 Å². The zero-order valence-corrected chi connectivity index (χ0v) is 11.8. The molecule has 7 heteroatoms. The molecule has 0 atom stereocenters. The van der Waals surface area contributed by atoms with Crippen molar-refractivity contribution in [3.8, 4) is 0 Å². The van der Waals surface area contributed by atoms with Gasteiger partial charge in [0.15, 0.2) is 5.78 Å². The maximum absolute atomic E-state index is 12.8. The molecule has 0 spiro atoms. The molecule has 0 aliphatic carbocycles. The van der Waals surface area contributed by atoms with Crippen LogP contribution in [0.15, 0.2) is 24.3 Å². The van der Waals surface area contributed by atoms with Gasteiger partial charge in [0.25, 0.3) is 0 Å². The molecule has 0 aromatic heterocycles. The molecule has 0 radical (unpaired) electrons. The van der Waals surface area contributed by atoms with E-state index in [9.17, 15) is 18.8 Å². The maximum atomic E-state index is 12.8. The van der Waals surface area contributed by atoms with Crippen LogP contribution in [0.1, 0.15) is 10.4 Å². The summed E-state index contributed by atoms with van der Waals surface area (Å²) in [5.74, 6) is -1.95. The number of rotatable bonds is 7. The minimum atomic E-state index is -0.578. The number of nitrogens with zero attached hydrogens (tertiary/aromatic N) is 1. The summed E-state index contributed by atoms with van der Waals surface area (Å²) >= 11 is 0. The summed E-state index contributed by atoms with van der Waals surface area (Å²) in [6.45, 7) is -0.632. The van der Waals surface area contributed by atoms with Crippen molar-refractivity contribution in [2.75, 3.05) is 33.9 Å². The first-order chi connectivity index (χ1) is 9.96. The second-order valence-corrected chi connectivity index (χ2v) is 4.23. The van der Waals surface area contributed by atoms with Crippen LogP contribution in [0.4, 0.5) is 4.39 Å². The van der Waals surface area contributed by atoms with Crippen molar-refractivity contribution in [1.29, 1.82) is 0 Å². The third-order valence-corrected chi connectivity index (χ3v) is 2.69. The van der Waals surface area contributed by atoms with Crippen LogP contribution in [0.5, 0.6) is 0 Å². The van der Waals surface area contributed by atoms with Crippen LogP contribution in [-0.2, 0) is 19.1 Å². The Morgan fingerprint density at radius 1 is 0.952 bits per heavy atom. The molecule has 0 aliphatic rings. The predicted octanol–water partition coefficient (Wildman–Crippen LogP) is 0.656. The smallest absolute Gasteiger partial charge is 0.319 e. The molecule has 21 heavy (non-hydrogen) atoms. The van der Waals surface area contributed by atoms with Gasteiger partial charge in [-0.1, -0.05) is 0 Å². The Hall–Kier alpha value is -2.28. The van der Waals surface area contributed by atoms with Gasteiger partial charge in [-0.2, -0.15) is 0 Å². The van der Waals surface area contributed by atoms with Crippen LogP contribution >= 0.6 is 0 Å². The lowest BCUT2D eigenvalue weighted by Gasteiger charge is -2.18. The number of carbonyl (C=O) groups excluding carboxylic acids is 3. The molecule has 0 fully saturated rings. The van der Waals surface area contributed by atoms with E-state index in [1.807, 2.05) is 0 Å². The van der Waals surface area contributed by atoms with Crippen molar-refractivity contribution in [1.82, 2.24) is 4.90 Å². The van der Waals surface area contributed by atoms with E-state index in [0.717, 1.165) is 12.1 Å². The zero-order valence-electron chi connectivity index (χ0n) is 11.8. The highest BCUT2D eigenvalue weighted by atomic mass is 19.1. The monoisotopic (exact) mass is 297 g/mol. The van der Waals surface area contributed by atoms with Crippen LogP contribution in [0.25, 0.3) is 0 Å². The standard InChI is InChI=1S/C14H16FNO5/c1-20-13(18)8-16(9-14(19)21-2)7-12(17)10-3-5-11(15)6-4-10/h3-6H,7-9H2,1-2H3. The number of hydrogen-bond acceptors (Lipinski definition) is 6. The third kappa shape index (κ3) is 5.70. The van der Waals surface area contributed by atoms with E-state index in [4.69, 9.17) is 0 Å². The number of methoxy groups -OCH3 is 2.